The Kier molecular flexibility index (Phi) is 4.58. The maximum atomic E-state index is 6.24. The lowest BCUT2D eigenvalue weighted by molar-refractivity contribution is 0.270. The highest BCUT2D eigenvalue weighted by Crippen LogP contribution is 2.29. The molecule has 0 bridgehead atoms. The van der Waals surface area contributed by atoms with Crippen LogP contribution < -0.4 is 10.6 Å². The van der Waals surface area contributed by atoms with E-state index in [4.69, 9.17) is 5.73 Å². The predicted octanol–water partition coefficient (Wildman–Crippen LogP) is 2.28. The number of hydrogen-bond acceptors (Lipinski definition) is 4. The van der Waals surface area contributed by atoms with Crippen molar-refractivity contribution >= 4 is 11.5 Å². The number of likely N-dealkylation sites (N-methyl/N-ethyl adjacent to an activating group) is 2. The molecule has 2 N–H and O–H groups in total. The Hall–Kier alpha value is -1.23. The Morgan fingerprint density at radius 2 is 2.15 bits per heavy atom. The number of anilines is 2. The number of aromatic nitrogens is 2. The van der Waals surface area contributed by atoms with E-state index in [-0.39, 0.29) is 0 Å². The molecule has 0 aromatic carbocycles. The average molecular weight is 279 g/mol. The van der Waals surface area contributed by atoms with Gasteiger partial charge in [0.1, 0.15) is 0 Å². The Bertz CT molecular complexity index is 451. The summed E-state index contributed by atoms with van der Waals surface area (Å²) in [5.41, 5.74) is 8.00. The molecular weight excluding hydrogens is 250 g/mol. The van der Waals surface area contributed by atoms with Gasteiger partial charge in [-0.1, -0.05) is 6.92 Å². The number of nitrogen functional groups attached to an aromatic ring is 1. The quantitative estimate of drug-likeness (QED) is 0.898. The second-order valence-electron chi connectivity index (χ2n) is 6.17. The summed E-state index contributed by atoms with van der Waals surface area (Å²) in [6.45, 7) is 11.9. The Morgan fingerprint density at radius 1 is 1.45 bits per heavy atom. The van der Waals surface area contributed by atoms with Gasteiger partial charge in [0.15, 0.2) is 5.82 Å². The number of likely N-dealkylation sites (tertiary alicyclic amines) is 1. The van der Waals surface area contributed by atoms with E-state index in [1.54, 1.807) is 0 Å². The molecule has 1 aliphatic heterocycles. The van der Waals surface area contributed by atoms with Crippen LogP contribution in [0.5, 0.6) is 0 Å². The van der Waals surface area contributed by atoms with E-state index in [1.165, 1.54) is 19.4 Å². The first kappa shape index (κ1) is 15.2. The average Bonchev–Trinajstić information content (AvgIpc) is 2.95. The Labute approximate surface area is 122 Å². The highest BCUT2D eigenvalue weighted by molar-refractivity contribution is 5.66. The van der Waals surface area contributed by atoms with Gasteiger partial charge in [-0.2, -0.15) is 5.10 Å². The second-order valence-corrected chi connectivity index (χ2v) is 6.17. The standard InChI is InChI=1S/C15H29N5/c1-6-19-9-7-8-13(19)10-18(5)15-14(16)12(4)17-20(15)11(2)3/h11,13H,6-10,16H2,1-5H3. The van der Waals surface area contributed by atoms with Crippen molar-refractivity contribution in [2.75, 3.05) is 37.3 Å². The van der Waals surface area contributed by atoms with Gasteiger partial charge in [-0.3, -0.25) is 4.90 Å². The monoisotopic (exact) mass is 279 g/mol. The maximum Gasteiger partial charge on any atom is 0.150 e. The van der Waals surface area contributed by atoms with Crippen LogP contribution in [0.15, 0.2) is 0 Å². The van der Waals surface area contributed by atoms with Gasteiger partial charge < -0.3 is 10.6 Å². The van der Waals surface area contributed by atoms with Gasteiger partial charge in [0, 0.05) is 25.7 Å². The van der Waals surface area contributed by atoms with Crippen LogP contribution in [0.2, 0.25) is 0 Å². The molecular formula is C15H29N5. The molecule has 5 nitrogen and oxygen atoms in total. The Balaban J connectivity index is 2.18. The molecule has 1 atom stereocenters. The summed E-state index contributed by atoms with van der Waals surface area (Å²) in [7, 11) is 2.14. The summed E-state index contributed by atoms with van der Waals surface area (Å²) in [4.78, 5) is 4.85. The molecule has 20 heavy (non-hydrogen) atoms. The zero-order chi connectivity index (χ0) is 14.9. The number of nitrogens with zero attached hydrogens (tertiary/aromatic N) is 4. The fourth-order valence-corrected chi connectivity index (χ4v) is 3.21. The smallest absolute Gasteiger partial charge is 0.150 e. The van der Waals surface area contributed by atoms with Crippen LogP contribution in [0.1, 0.15) is 45.3 Å². The summed E-state index contributed by atoms with van der Waals surface area (Å²) in [5.74, 6) is 1.07. The van der Waals surface area contributed by atoms with Crippen molar-refractivity contribution in [3.05, 3.63) is 5.69 Å². The van der Waals surface area contributed by atoms with E-state index in [0.717, 1.165) is 30.3 Å². The molecule has 2 heterocycles. The van der Waals surface area contributed by atoms with Crippen molar-refractivity contribution in [3.8, 4) is 0 Å². The molecule has 114 valence electrons. The second kappa shape index (κ2) is 6.04. The van der Waals surface area contributed by atoms with E-state index >= 15 is 0 Å². The van der Waals surface area contributed by atoms with Gasteiger partial charge in [0.05, 0.1) is 11.4 Å². The summed E-state index contributed by atoms with van der Waals surface area (Å²) >= 11 is 0. The molecule has 5 heteroatoms. The first-order valence-electron chi connectivity index (χ1n) is 7.75. The predicted molar refractivity (Wildman–Crippen MR) is 85.3 cm³/mol. The number of nitrogens with two attached hydrogens (primary N) is 1. The van der Waals surface area contributed by atoms with E-state index in [2.05, 4.69) is 47.4 Å². The third kappa shape index (κ3) is 2.77. The molecule has 1 unspecified atom stereocenters. The van der Waals surface area contributed by atoms with Gasteiger partial charge in [-0.15, -0.1) is 0 Å². The van der Waals surface area contributed by atoms with Crippen LogP contribution in [0.25, 0.3) is 0 Å². The zero-order valence-corrected chi connectivity index (χ0v) is 13.6. The first-order valence-corrected chi connectivity index (χ1v) is 7.75. The minimum atomic E-state index is 0.328. The molecule has 0 radical (unpaired) electrons. The van der Waals surface area contributed by atoms with Crippen LogP contribution in [-0.2, 0) is 0 Å². The van der Waals surface area contributed by atoms with E-state index in [1.807, 2.05) is 6.92 Å². The topological polar surface area (TPSA) is 50.3 Å². The summed E-state index contributed by atoms with van der Waals surface area (Å²) in [6, 6.07) is 0.967. The van der Waals surface area contributed by atoms with Crippen LogP contribution in [0.3, 0.4) is 0 Å². The highest BCUT2D eigenvalue weighted by Gasteiger charge is 2.26. The molecule has 1 aromatic heterocycles. The van der Waals surface area contributed by atoms with Gasteiger partial charge >= 0.3 is 0 Å². The van der Waals surface area contributed by atoms with Crippen molar-refractivity contribution in [2.24, 2.45) is 0 Å². The lowest BCUT2D eigenvalue weighted by Gasteiger charge is -2.30. The highest BCUT2D eigenvalue weighted by atomic mass is 15.4. The SMILES string of the molecule is CCN1CCCC1CN(C)c1c(N)c(C)nn1C(C)C. The summed E-state index contributed by atoms with van der Waals surface area (Å²) < 4.78 is 2.05. The molecule has 0 saturated carbocycles. The van der Waals surface area contributed by atoms with Crippen molar-refractivity contribution in [1.29, 1.82) is 0 Å². The molecule has 0 spiro atoms. The van der Waals surface area contributed by atoms with Crippen LogP contribution in [0, 0.1) is 6.92 Å². The van der Waals surface area contributed by atoms with Crippen LogP contribution in [-0.4, -0.2) is 47.4 Å². The maximum absolute atomic E-state index is 6.24. The lowest BCUT2D eigenvalue weighted by atomic mass is 10.2. The summed E-state index contributed by atoms with van der Waals surface area (Å²) in [6.07, 6.45) is 2.59. The Morgan fingerprint density at radius 3 is 2.75 bits per heavy atom. The minimum Gasteiger partial charge on any atom is -0.394 e. The van der Waals surface area contributed by atoms with Crippen molar-refractivity contribution in [1.82, 2.24) is 14.7 Å². The number of aryl methyl sites for hydroxylation is 1. The molecule has 0 aliphatic carbocycles. The first-order chi connectivity index (χ1) is 9.45. The fraction of sp³-hybridized carbons (Fsp3) is 0.800. The molecule has 1 aliphatic rings. The van der Waals surface area contributed by atoms with Crippen molar-refractivity contribution < 1.29 is 0 Å². The van der Waals surface area contributed by atoms with Crippen LogP contribution >= 0.6 is 0 Å². The van der Waals surface area contributed by atoms with Gasteiger partial charge in [-0.25, -0.2) is 4.68 Å². The van der Waals surface area contributed by atoms with Crippen molar-refractivity contribution in [3.63, 3.8) is 0 Å². The summed E-state index contributed by atoms with van der Waals surface area (Å²) in [5, 5.41) is 4.58. The fourth-order valence-electron chi connectivity index (χ4n) is 3.21. The number of rotatable bonds is 5. The van der Waals surface area contributed by atoms with Gasteiger partial charge in [-0.05, 0) is 46.7 Å². The molecule has 1 aromatic rings. The van der Waals surface area contributed by atoms with Crippen LogP contribution in [0.4, 0.5) is 11.5 Å². The molecule has 1 fully saturated rings. The molecule has 1 saturated heterocycles. The largest absolute Gasteiger partial charge is 0.394 e. The minimum absolute atomic E-state index is 0.328. The molecule has 2 rings (SSSR count). The van der Waals surface area contributed by atoms with Gasteiger partial charge in [0.2, 0.25) is 0 Å². The van der Waals surface area contributed by atoms with E-state index < -0.39 is 0 Å². The zero-order valence-electron chi connectivity index (χ0n) is 13.6. The van der Waals surface area contributed by atoms with Gasteiger partial charge in [0.25, 0.3) is 0 Å². The third-order valence-corrected chi connectivity index (χ3v) is 4.35. The normalized spacial score (nSPS) is 20.0. The van der Waals surface area contributed by atoms with E-state index in [9.17, 15) is 0 Å². The number of hydrogen-bond donors (Lipinski definition) is 1. The van der Waals surface area contributed by atoms with E-state index in [0.29, 0.717) is 12.1 Å². The molecule has 0 amide bonds. The lowest BCUT2D eigenvalue weighted by Crippen LogP contribution is -2.39. The third-order valence-electron chi connectivity index (χ3n) is 4.35. The van der Waals surface area contributed by atoms with Crippen molar-refractivity contribution in [2.45, 2.75) is 52.6 Å².